The van der Waals surface area contributed by atoms with Crippen LogP contribution in [-0.4, -0.2) is 4.98 Å². The number of hydrogen-bond donors (Lipinski definition) is 1. The summed E-state index contributed by atoms with van der Waals surface area (Å²) in [7, 11) is 0. The van der Waals surface area contributed by atoms with Crippen LogP contribution in [0.25, 0.3) is 0 Å². The van der Waals surface area contributed by atoms with Crippen LogP contribution in [-0.2, 0) is 6.54 Å². The van der Waals surface area contributed by atoms with Crippen molar-refractivity contribution in [1.82, 2.24) is 4.98 Å². The van der Waals surface area contributed by atoms with Gasteiger partial charge in [0.05, 0.1) is 0 Å². The van der Waals surface area contributed by atoms with Crippen molar-refractivity contribution in [2.75, 3.05) is 5.32 Å². The number of aromatic nitrogens is 1. The van der Waals surface area contributed by atoms with Crippen molar-refractivity contribution in [3.8, 4) is 0 Å². The molecule has 0 unspecified atom stereocenters. The Kier molecular flexibility index (Phi) is 3.77. The molecule has 2 rings (SSSR count). The Hall–Kier alpha value is -1.10. The normalized spacial score (nSPS) is 10.1. The van der Waals surface area contributed by atoms with Gasteiger partial charge in [-0.25, -0.2) is 0 Å². The lowest BCUT2D eigenvalue weighted by atomic mass is 10.2. The van der Waals surface area contributed by atoms with E-state index >= 15 is 0 Å². The summed E-state index contributed by atoms with van der Waals surface area (Å²) in [5.74, 6) is 0. The van der Waals surface area contributed by atoms with Crippen molar-refractivity contribution in [3.63, 3.8) is 0 Å². The maximum atomic E-state index is 4.09. The van der Waals surface area contributed by atoms with Crippen molar-refractivity contribution in [2.45, 2.75) is 13.5 Å². The Balaban J connectivity index is 2.03. The van der Waals surface area contributed by atoms with Crippen LogP contribution < -0.4 is 5.32 Å². The molecule has 2 nitrogen and oxygen atoms in total. The highest BCUT2D eigenvalue weighted by Crippen LogP contribution is 2.17. The van der Waals surface area contributed by atoms with E-state index < -0.39 is 0 Å². The molecule has 1 aromatic heterocycles. The van der Waals surface area contributed by atoms with Crippen LogP contribution in [0.15, 0.2) is 42.7 Å². The topological polar surface area (TPSA) is 24.9 Å². The van der Waals surface area contributed by atoms with Crippen LogP contribution in [0.1, 0.15) is 11.1 Å². The van der Waals surface area contributed by atoms with Crippen LogP contribution in [0.5, 0.6) is 0 Å². The second-order valence-electron chi connectivity index (χ2n) is 3.68. The molecular formula is C13H13IN2. The molecule has 2 aromatic rings. The maximum Gasteiger partial charge on any atom is 0.0416 e. The molecule has 0 saturated heterocycles. The summed E-state index contributed by atoms with van der Waals surface area (Å²) >= 11 is 2.35. The molecule has 0 bridgehead atoms. The van der Waals surface area contributed by atoms with E-state index in [1.165, 1.54) is 14.7 Å². The van der Waals surface area contributed by atoms with Crippen LogP contribution in [0.2, 0.25) is 0 Å². The highest BCUT2D eigenvalue weighted by atomic mass is 127. The summed E-state index contributed by atoms with van der Waals surface area (Å²) in [6.07, 6.45) is 3.67. The molecule has 0 fully saturated rings. The molecule has 0 amide bonds. The molecule has 0 aliphatic rings. The van der Waals surface area contributed by atoms with Gasteiger partial charge in [0, 0.05) is 28.2 Å². The lowest BCUT2D eigenvalue weighted by Crippen LogP contribution is -2.00. The van der Waals surface area contributed by atoms with E-state index in [1.807, 2.05) is 12.3 Å². The van der Waals surface area contributed by atoms with E-state index in [1.54, 1.807) is 6.20 Å². The molecule has 0 spiro atoms. The first-order valence-corrected chi connectivity index (χ1v) is 6.22. The number of pyridine rings is 1. The molecule has 1 aromatic carbocycles. The number of aryl methyl sites for hydroxylation is 1. The van der Waals surface area contributed by atoms with E-state index in [0.29, 0.717) is 0 Å². The fourth-order valence-electron chi connectivity index (χ4n) is 1.41. The van der Waals surface area contributed by atoms with E-state index in [4.69, 9.17) is 0 Å². The minimum Gasteiger partial charge on any atom is -0.381 e. The van der Waals surface area contributed by atoms with Gasteiger partial charge in [-0.15, -0.1) is 0 Å². The highest BCUT2D eigenvalue weighted by Gasteiger charge is 1.97. The zero-order valence-corrected chi connectivity index (χ0v) is 11.2. The van der Waals surface area contributed by atoms with Crippen LogP contribution >= 0.6 is 22.6 Å². The second-order valence-corrected chi connectivity index (χ2v) is 4.84. The number of halogens is 1. The third-order valence-electron chi connectivity index (χ3n) is 2.39. The van der Waals surface area contributed by atoms with Crippen molar-refractivity contribution >= 4 is 28.3 Å². The predicted molar refractivity (Wildman–Crippen MR) is 75.5 cm³/mol. The van der Waals surface area contributed by atoms with Gasteiger partial charge in [-0.1, -0.05) is 12.1 Å². The third kappa shape index (κ3) is 2.95. The Morgan fingerprint density at radius 2 is 2.19 bits per heavy atom. The van der Waals surface area contributed by atoms with Gasteiger partial charge in [-0.2, -0.15) is 0 Å². The monoisotopic (exact) mass is 324 g/mol. The molecular weight excluding hydrogens is 311 g/mol. The number of hydrogen-bond acceptors (Lipinski definition) is 2. The van der Waals surface area contributed by atoms with Crippen molar-refractivity contribution in [1.29, 1.82) is 0 Å². The molecule has 1 heterocycles. The van der Waals surface area contributed by atoms with Crippen molar-refractivity contribution in [3.05, 3.63) is 57.4 Å². The number of benzene rings is 1. The minimum atomic E-state index is 0.812. The van der Waals surface area contributed by atoms with Crippen molar-refractivity contribution < 1.29 is 0 Å². The van der Waals surface area contributed by atoms with E-state index in [0.717, 1.165) is 12.2 Å². The molecule has 0 radical (unpaired) electrons. The molecule has 0 saturated carbocycles. The number of anilines is 1. The molecule has 16 heavy (non-hydrogen) atoms. The summed E-state index contributed by atoms with van der Waals surface area (Å²) in [5, 5.41) is 3.38. The summed E-state index contributed by atoms with van der Waals surface area (Å²) in [4.78, 5) is 4.09. The van der Waals surface area contributed by atoms with Gasteiger partial charge in [0.25, 0.3) is 0 Å². The van der Waals surface area contributed by atoms with Gasteiger partial charge < -0.3 is 5.32 Å². The maximum absolute atomic E-state index is 4.09. The average Bonchev–Trinajstić information content (AvgIpc) is 2.32. The van der Waals surface area contributed by atoms with Gasteiger partial charge in [-0.3, -0.25) is 4.98 Å². The van der Waals surface area contributed by atoms with Crippen LogP contribution in [0.4, 0.5) is 5.69 Å². The standard InChI is InChI=1S/C13H13IN2/c1-10-4-5-12(7-13(10)14)16-9-11-3-2-6-15-8-11/h2-8,16H,9H2,1H3. The fraction of sp³-hybridized carbons (Fsp3) is 0.154. The Labute approximate surface area is 109 Å². The fourth-order valence-corrected chi connectivity index (χ4v) is 1.92. The van der Waals surface area contributed by atoms with Crippen LogP contribution in [0.3, 0.4) is 0 Å². The van der Waals surface area contributed by atoms with Gasteiger partial charge in [-0.05, 0) is 58.8 Å². The first kappa shape index (κ1) is 11.4. The molecule has 0 aliphatic carbocycles. The molecule has 82 valence electrons. The Morgan fingerprint density at radius 1 is 1.31 bits per heavy atom. The van der Waals surface area contributed by atoms with E-state index in [-0.39, 0.29) is 0 Å². The Morgan fingerprint density at radius 3 is 2.88 bits per heavy atom. The number of nitrogens with zero attached hydrogens (tertiary/aromatic N) is 1. The van der Waals surface area contributed by atoms with E-state index in [9.17, 15) is 0 Å². The molecule has 0 aliphatic heterocycles. The Bertz CT molecular complexity index is 469. The summed E-state index contributed by atoms with van der Waals surface area (Å²) < 4.78 is 1.29. The SMILES string of the molecule is Cc1ccc(NCc2cccnc2)cc1I. The molecule has 0 atom stereocenters. The lowest BCUT2D eigenvalue weighted by Gasteiger charge is -2.07. The largest absolute Gasteiger partial charge is 0.381 e. The summed E-state index contributed by atoms with van der Waals surface area (Å²) in [6.45, 7) is 2.93. The van der Waals surface area contributed by atoms with Crippen LogP contribution in [0, 0.1) is 10.5 Å². The van der Waals surface area contributed by atoms with Gasteiger partial charge in [0.2, 0.25) is 0 Å². The number of rotatable bonds is 3. The van der Waals surface area contributed by atoms with Gasteiger partial charge in [0.1, 0.15) is 0 Å². The lowest BCUT2D eigenvalue weighted by molar-refractivity contribution is 1.11. The zero-order valence-electron chi connectivity index (χ0n) is 9.07. The van der Waals surface area contributed by atoms with Crippen molar-refractivity contribution in [2.24, 2.45) is 0 Å². The third-order valence-corrected chi connectivity index (χ3v) is 3.55. The average molecular weight is 324 g/mol. The minimum absolute atomic E-state index is 0.812. The van der Waals surface area contributed by atoms with E-state index in [2.05, 4.69) is 64.1 Å². The first-order valence-electron chi connectivity index (χ1n) is 5.14. The van der Waals surface area contributed by atoms with Gasteiger partial charge in [0.15, 0.2) is 0 Å². The molecule has 1 N–H and O–H groups in total. The second kappa shape index (κ2) is 5.30. The van der Waals surface area contributed by atoms with Gasteiger partial charge >= 0.3 is 0 Å². The first-order chi connectivity index (χ1) is 7.75. The summed E-state index contributed by atoms with van der Waals surface area (Å²) in [5.41, 5.74) is 3.66. The number of nitrogens with one attached hydrogen (secondary N) is 1. The predicted octanol–water partition coefficient (Wildman–Crippen LogP) is 3.61. The highest BCUT2D eigenvalue weighted by molar-refractivity contribution is 14.1. The molecule has 3 heteroatoms. The summed E-state index contributed by atoms with van der Waals surface area (Å²) in [6, 6.07) is 10.4. The smallest absolute Gasteiger partial charge is 0.0416 e. The zero-order chi connectivity index (χ0) is 11.4. The quantitative estimate of drug-likeness (QED) is 0.873.